The summed E-state index contributed by atoms with van der Waals surface area (Å²) in [6.07, 6.45) is -4.54. The van der Waals surface area contributed by atoms with Crippen LogP contribution in [0.5, 0.6) is 0 Å². The molecule has 2 N–H and O–H groups in total. The Morgan fingerprint density at radius 1 is 1.44 bits per heavy atom. The van der Waals surface area contributed by atoms with Crippen molar-refractivity contribution in [2.75, 3.05) is 13.7 Å². The van der Waals surface area contributed by atoms with E-state index in [-0.39, 0.29) is 18.8 Å². The Morgan fingerprint density at radius 3 is 2.67 bits per heavy atom. The van der Waals surface area contributed by atoms with Gasteiger partial charge in [-0.1, -0.05) is 18.2 Å². The Balaban J connectivity index is 2.77. The maximum atomic E-state index is 12.5. The molecule has 0 radical (unpaired) electrons. The molecule has 0 saturated carbocycles. The number of Topliss-reactive ketones (excluding diaryl/α,β-unsaturated/α-hetero) is 1. The van der Waals surface area contributed by atoms with Gasteiger partial charge >= 0.3 is 6.18 Å². The Labute approximate surface area is 103 Å². The molecular formula is C12H14F3NO2. The summed E-state index contributed by atoms with van der Waals surface area (Å²) in [5, 5.41) is 0. The summed E-state index contributed by atoms with van der Waals surface area (Å²) >= 11 is 0. The minimum atomic E-state index is -4.41. The van der Waals surface area contributed by atoms with E-state index in [0.717, 1.165) is 12.1 Å². The van der Waals surface area contributed by atoms with Crippen molar-refractivity contribution in [1.82, 2.24) is 0 Å². The van der Waals surface area contributed by atoms with Gasteiger partial charge in [0, 0.05) is 13.5 Å². The molecule has 3 nitrogen and oxygen atoms in total. The highest BCUT2D eigenvalue weighted by atomic mass is 19.4. The first kappa shape index (κ1) is 14.7. The predicted octanol–water partition coefficient (Wildman–Crippen LogP) is 1.79. The van der Waals surface area contributed by atoms with Gasteiger partial charge in [-0.25, -0.2) is 0 Å². The van der Waals surface area contributed by atoms with Gasteiger partial charge in [-0.2, -0.15) is 13.2 Å². The summed E-state index contributed by atoms with van der Waals surface area (Å²) in [7, 11) is 1.40. The highest BCUT2D eigenvalue weighted by Crippen LogP contribution is 2.29. The molecule has 100 valence electrons. The lowest BCUT2D eigenvalue weighted by atomic mass is 10.0. The zero-order valence-electron chi connectivity index (χ0n) is 9.83. The monoisotopic (exact) mass is 261 g/mol. The molecule has 0 aromatic heterocycles. The summed E-state index contributed by atoms with van der Waals surface area (Å²) in [5.41, 5.74) is 5.03. The smallest absolute Gasteiger partial charge is 0.383 e. The molecule has 1 aromatic carbocycles. The van der Waals surface area contributed by atoms with Gasteiger partial charge < -0.3 is 10.5 Å². The van der Waals surface area contributed by atoms with E-state index in [1.807, 2.05) is 0 Å². The summed E-state index contributed by atoms with van der Waals surface area (Å²) < 4.78 is 42.1. The molecule has 0 spiro atoms. The summed E-state index contributed by atoms with van der Waals surface area (Å²) in [6.45, 7) is 0.0534. The molecule has 0 heterocycles. The molecule has 1 aromatic rings. The summed E-state index contributed by atoms with van der Waals surface area (Å²) in [6, 6.07) is 3.84. The van der Waals surface area contributed by atoms with E-state index in [1.165, 1.54) is 19.2 Å². The third kappa shape index (κ3) is 4.12. The van der Waals surface area contributed by atoms with Crippen molar-refractivity contribution in [3.05, 3.63) is 35.4 Å². The van der Waals surface area contributed by atoms with E-state index in [9.17, 15) is 18.0 Å². The molecule has 1 rings (SSSR count). The largest absolute Gasteiger partial charge is 0.416 e. The third-order valence-electron chi connectivity index (χ3n) is 2.39. The first-order chi connectivity index (χ1) is 8.34. The average Bonchev–Trinajstić information content (AvgIpc) is 2.28. The summed E-state index contributed by atoms with van der Waals surface area (Å²) in [5.74, 6) is -0.351. The van der Waals surface area contributed by atoms with Crippen molar-refractivity contribution < 1.29 is 22.7 Å². The van der Waals surface area contributed by atoms with Crippen LogP contribution in [0.2, 0.25) is 0 Å². The second-order valence-corrected chi connectivity index (χ2v) is 3.90. The zero-order chi connectivity index (χ0) is 13.8. The van der Waals surface area contributed by atoms with Gasteiger partial charge in [0.1, 0.15) is 0 Å². The minimum Gasteiger partial charge on any atom is -0.383 e. The van der Waals surface area contributed by atoms with Crippen molar-refractivity contribution in [2.24, 2.45) is 5.73 Å². The van der Waals surface area contributed by atoms with Crippen LogP contribution in [0.25, 0.3) is 0 Å². The molecule has 0 aliphatic carbocycles. The average molecular weight is 261 g/mol. The molecule has 0 saturated heterocycles. The van der Waals surface area contributed by atoms with Crippen LogP contribution in [-0.4, -0.2) is 25.5 Å². The number of alkyl halides is 3. The van der Waals surface area contributed by atoms with Crippen LogP contribution in [-0.2, 0) is 22.1 Å². The fourth-order valence-corrected chi connectivity index (χ4v) is 1.46. The molecule has 1 atom stereocenters. The van der Waals surface area contributed by atoms with Gasteiger partial charge in [0.25, 0.3) is 0 Å². The van der Waals surface area contributed by atoms with E-state index in [1.54, 1.807) is 0 Å². The maximum Gasteiger partial charge on any atom is 0.416 e. The predicted molar refractivity (Wildman–Crippen MR) is 60.0 cm³/mol. The molecule has 0 fully saturated rings. The maximum absolute atomic E-state index is 12.5. The third-order valence-corrected chi connectivity index (χ3v) is 2.39. The van der Waals surface area contributed by atoms with E-state index in [0.29, 0.717) is 5.56 Å². The number of nitrogens with two attached hydrogens (primary N) is 1. The van der Waals surface area contributed by atoms with Crippen LogP contribution >= 0.6 is 0 Å². The number of ketones is 1. The fourth-order valence-electron chi connectivity index (χ4n) is 1.46. The number of methoxy groups -OCH3 is 1. The first-order valence-electron chi connectivity index (χ1n) is 5.28. The van der Waals surface area contributed by atoms with Crippen LogP contribution < -0.4 is 5.73 Å². The molecule has 1 unspecified atom stereocenters. The van der Waals surface area contributed by atoms with Crippen molar-refractivity contribution in [3.63, 3.8) is 0 Å². The quantitative estimate of drug-likeness (QED) is 0.879. The van der Waals surface area contributed by atoms with E-state index in [2.05, 4.69) is 0 Å². The minimum absolute atomic E-state index is 0.0534. The first-order valence-corrected chi connectivity index (χ1v) is 5.28. The lowest BCUT2D eigenvalue weighted by Gasteiger charge is -2.11. The number of carbonyl (C=O) groups excluding carboxylic acids is 1. The van der Waals surface area contributed by atoms with Crippen molar-refractivity contribution in [1.29, 1.82) is 0 Å². The topological polar surface area (TPSA) is 52.3 Å². The normalized spacial score (nSPS) is 13.4. The molecule has 0 aliphatic rings. The van der Waals surface area contributed by atoms with Crippen LogP contribution in [0, 0.1) is 0 Å². The Hall–Kier alpha value is -1.40. The van der Waals surface area contributed by atoms with Crippen LogP contribution in [0.4, 0.5) is 13.2 Å². The van der Waals surface area contributed by atoms with Crippen molar-refractivity contribution in [3.8, 4) is 0 Å². The van der Waals surface area contributed by atoms with E-state index < -0.39 is 17.8 Å². The molecule has 0 aliphatic heterocycles. The highest BCUT2D eigenvalue weighted by Gasteiger charge is 2.30. The molecule has 0 bridgehead atoms. The van der Waals surface area contributed by atoms with E-state index >= 15 is 0 Å². The summed E-state index contributed by atoms with van der Waals surface area (Å²) in [4.78, 5) is 11.6. The lowest BCUT2D eigenvalue weighted by molar-refractivity contribution is -0.137. The highest BCUT2D eigenvalue weighted by molar-refractivity contribution is 5.86. The number of rotatable bonds is 5. The van der Waals surface area contributed by atoms with Gasteiger partial charge in [-0.15, -0.1) is 0 Å². The molecule has 18 heavy (non-hydrogen) atoms. The van der Waals surface area contributed by atoms with Crippen LogP contribution in [0.1, 0.15) is 11.1 Å². The lowest BCUT2D eigenvalue weighted by Crippen LogP contribution is -2.35. The second kappa shape index (κ2) is 5.97. The second-order valence-electron chi connectivity index (χ2n) is 3.90. The Morgan fingerprint density at radius 2 is 2.11 bits per heavy atom. The Kier molecular flexibility index (Phi) is 4.86. The van der Waals surface area contributed by atoms with Crippen molar-refractivity contribution in [2.45, 2.75) is 18.6 Å². The fraction of sp³-hybridized carbons (Fsp3) is 0.417. The molecular weight excluding hydrogens is 247 g/mol. The van der Waals surface area contributed by atoms with Gasteiger partial charge in [0.2, 0.25) is 0 Å². The standard InChI is InChI=1S/C12H14F3NO2/c1-18-7-10(16)11(17)6-8-3-2-4-9(5-8)12(13,14)15/h2-5,10H,6-7,16H2,1H3. The van der Waals surface area contributed by atoms with Crippen LogP contribution in [0.15, 0.2) is 24.3 Å². The van der Waals surface area contributed by atoms with Crippen LogP contribution in [0.3, 0.4) is 0 Å². The number of ether oxygens (including phenoxy) is 1. The van der Waals surface area contributed by atoms with Gasteiger partial charge in [-0.05, 0) is 11.6 Å². The van der Waals surface area contributed by atoms with Gasteiger partial charge in [0.05, 0.1) is 18.2 Å². The Bertz CT molecular complexity index is 418. The molecule has 0 amide bonds. The number of carbonyl (C=O) groups is 1. The number of benzene rings is 1. The van der Waals surface area contributed by atoms with Gasteiger partial charge in [-0.3, -0.25) is 4.79 Å². The zero-order valence-corrected chi connectivity index (χ0v) is 9.83. The number of hydrogen-bond donors (Lipinski definition) is 1. The van der Waals surface area contributed by atoms with Gasteiger partial charge in [0.15, 0.2) is 5.78 Å². The molecule has 6 heteroatoms. The van der Waals surface area contributed by atoms with Crippen molar-refractivity contribution >= 4 is 5.78 Å². The SMILES string of the molecule is COCC(N)C(=O)Cc1cccc(C(F)(F)F)c1. The number of halogens is 3. The number of hydrogen-bond acceptors (Lipinski definition) is 3. The van der Waals surface area contributed by atoms with E-state index in [4.69, 9.17) is 10.5 Å².